The highest BCUT2D eigenvalue weighted by Crippen LogP contribution is 2.35. The molecule has 5 heteroatoms. The van der Waals surface area contributed by atoms with Crippen molar-refractivity contribution < 1.29 is 18.9 Å². The minimum atomic E-state index is -4.27. The smallest absolute Gasteiger partial charge is 0.303 e. The maximum Gasteiger partial charge on any atom is 0.469 e. The molecule has 4 nitrogen and oxygen atoms in total. The summed E-state index contributed by atoms with van der Waals surface area (Å²) in [4.78, 5) is 17.2. The van der Waals surface area contributed by atoms with Gasteiger partial charge in [-0.2, -0.15) is 0 Å². The zero-order chi connectivity index (χ0) is 27.1. The van der Waals surface area contributed by atoms with Crippen molar-refractivity contribution in [2.24, 2.45) is 0 Å². The van der Waals surface area contributed by atoms with Crippen molar-refractivity contribution in [3.05, 3.63) is 0 Å². The third kappa shape index (κ3) is 36.1. The van der Waals surface area contributed by atoms with Crippen LogP contribution < -0.4 is 0 Å². The first-order chi connectivity index (χ1) is 18.1. The third-order valence-electron chi connectivity index (χ3n) is 7.76. The van der Waals surface area contributed by atoms with Gasteiger partial charge in [0.05, 0.1) is 6.61 Å². The van der Waals surface area contributed by atoms with E-state index in [1.807, 2.05) is 0 Å². The monoisotopic (exact) mass is 546 g/mol. The summed E-state index contributed by atoms with van der Waals surface area (Å²) in [6.45, 7) is 2.47. The molecule has 0 aromatic carbocycles. The van der Waals surface area contributed by atoms with Crippen LogP contribution in [0.1, 0.15) is 200 Å². The van der Waals surface area contributed by atoms with E-state index in [0.29, 0.717) is 0 Å². The Labute approximate surface area is 232 Å². The minimum absolute atomic E-state index is 0.170. The van der Waals surface area contributed by atoms with Crippen LogP contribution >= 0.6 is 7.82 Å². The molecule has 0 unspecified atom stereocenters. The average molecular weight is 547 g/mol. The fourth-order valence-corrected chi connectivity index (χ4v) is 5.68. The zero-order valence-corrected chi connectivity index (χ0v) is 26.0. The van der Waals surface area contributed by atoms with Gasteiger partial charge in [0.15, 0.2) is 0 Å². The summed E-state index contributed by atoms with van der Waals surface area (Å²) >= 11 is 0. The van der Waals surface area contributed by atoms with Crippen molar-refractivity contribution >= 4 is 7.82 Å². The molecule has 0 fully saturated rings. The molecule has 0 bridgehead atoms. The van der Waals surface area contributed by atoms with E-state index in [9.17, 15) is 4.57 Å². The molecule has 0 atom stereocenters. The number of unbranched alkanes of at least 4 members (excludes halogenated alkanes) is 29. The van der Waals surface area contributed by atoms with Crippen LogP contribution in [0.3, 0.4) is 0 Å². The van der Waals surface area contributed by atoms with Crippen molar-refractivity contribution in [1.82, 2.24) is 0 Å². The largest absolute Gasteiger partial charge is 0.469 e. The van der Waals surface area contributed by atoms with E-state index in [1.54, 1.807) is 0 Å². The molecule has 0 heterocycles. The number of hydrogen-bond acceptors (Lipinski definition) is 2. The lowest BCUT2D eigenvalue weighted by Crippen LogP contribution is -1.92. The van der Waals surface area contributed by atoms with Crippen LogP contribution in [-0.4, -0.2) is 16.4 Å². The summed E-state index contributed by atoms with van der Waals surface area (Å²) in [5, 5.41) is 0. The van der Waals surface area contributed by atoms with Crippen molar-refractivity contribution in [3.8, 4) is 0 Å². The van der Waals surface area contributed by atoms with Crippen LogP contribution in [0.5, 0.6) is 0 Å². The molecular formula is C32H67O4P. The topological polar surface area (TPSA) is 66.8 Å². The Kier molecular flexibility index (Phi) is 30.7. The lowest BCUT2D eigenvalue weighted by atomic mass is 10.0. The Morgan fingerprint density at radius 2 is 0.568 bits per heavy atom. The van der Waals surface area contributed by atoms with Crippen LogP contribution in [0.2, 0.25) is 0 Å². The van der Waals surface area contributed by atoms with Crippen molar-refractivity contribution in [3.63, 3.8) is 0 Å². The van der Waals surface area contributed by atoms with Gasteiger partial charge in [0, 0.05) is 0 Å². The molecule has 0 radical (unpaired) electrons. The molecule has 0 aliphatic carbocycles. The number of phosphoric ester groups is 1. The van der Waals surface area contributed by atoms with Crippen LogP contribution in [0.15, 0.2) is 0 Å². The summed E-state index contributed by atoms with van der Waals surface area (Å²) < 4.78 is 15.0. The van der Waals surface area contributed by atoms with Crippen LogP contribution in [0, 0.1) is 0 Å². The molecule has 0 amide bonds. The van der Waals surface area contributed by atoms with E-state index in [1.165, 1.54) is 173 Å². The fraction of sp³-hybridized carbons (Fsp3) is 1.00. The second kappa shape index (κ2) is 30.6. The SMILES string of the molecule is CCCCCCCCCCCCCCCCCCCCCCCCCCCCCCCCOP(=O)(O)O. The third-order valence-corrected chi connectivity index (χ3v) is 8.28. The molecule has 0 aliphatic heterocycles. The molecule has 0 aromatic rings. The second-order valence-electron chi connectivity index (χ2n) is 11.6. The Hall–Kier alpha value is 0.110. The van der Waals surface area contributed by atoms with Gasteiger partial charge in [-0.25, -0.2) is 4.57 Å². The van der Waals surface area contributed by atoms with Crippen LogP contribution in [0.25, 0.3) is 0 Å². The molecule has 37 heavy (non-hydrogen) atoms. The van der Waals surface area contributed by atoms with Gasteiger partial charge in [0.2, 0.25) is 0 Å². The number of hydrogen-bond donors (Lipinski definition) is 2. The zero-order valence-electron chi connectivity index (χ0n) is 25.1. The van der Waals surface area contributed by atoms with Crippen LogP contribution in [-0.2, 0) is 9.09 Å². The molecule has 0 spiro atoms. The van der Waals surface area contributed by atoms with E-state index in [4.69, 9.17) is 9.79 Å². The first-order valence-corrected chi connectivity index (χ1v) is 18.3. The fourth-order valence-electron chi connectivity index (χ4n) is 5.31. The second-order valence-corrected chi connectivity index (χ2v) is 12.8. The summed E-state index contributed by atoms with van der Waals surface area (Å²) in [5.74, 6) is 0. The van der Waals surface area contributed by atoms with Gasteiger partial charge in [-0.3, -0.25) is 4.52 Å². The van der Waals surface area contributed by atoms with E-state index >= 15 is 0 Å². The summed E-state index contributed by atoms with van der Waals surface area (Å²) in [7, 11) is -4.27. The maximum absolute atomic E-state index is 10.6. The molecule has 0 rings (SSSR count). The Morgan fingerprint density at radius 3 is 0.757 bits per heavy atom. The van der Waals surface area contributed by atoms with Gasteiger partial charge >= 0.3 is 7.82 Å². The average Bonchev–Trinajstić information content (AvgIpc) is 2.86. The normalized spacial score (nSPS) is 12.0. The standard InChI is InChI=1S/C32H67O4P/c1-2-3-4-5-6-7-8-9-10-11-12-13-14-15-16-17-18-19-20-21-22-23-24-25-26-27-28-29-30-31-32-36-37(33,34)35/h2-32H2,1H3,(H2,33,34,35). The van der Waals surface area contributed by atoms with Crippen molar-refractivity contribution in [2.45, 2.75) is 200 Å². The van der Waals surface area contributed by atoms with Gasteiger partial charge in [0.1, 0.15) is 0 Å². The van der Waals surface area contributed by atoms with E-state index in [0.717, 1.165) is 19.3 Å². The van der Waals surface area contributed by atoms with E-state index in [-0.39, 0.29) is 6.61 Å². The van der Waals surface area contributed by atoms with Gasteiger partial charge in [-0.15, -0.1) is 0 Å². The predicted molar refractivity (Wildman–Crippen MR) is 162 cm³/mol. The summed E-state index contributed by atoms with van der Waals surface area (Å²) in [6.07, 6.45) is 41.4. The van der Waals surface area contributed by atoms with Crippen molar-refractivity contribution in [2.75, 3.05) is 6.61 Å². The highest BCUT2D eigenvalue weighted by atomic mass is 31.2. The molecular weight excluding hydrogens is 479 g/mol. The quantitative estimate of drug-likeness (QED) is 0.0650. The molecule has 0 saturated heterocycles. The van der Waals surface area contributed by atoms with E-state index < -0.39 is 7.82 Å². The molecule has 0 aromatic heterocycles. The number of phosphoric acid groups is 1. The Balaban J connectivity index is 3.04. The predicted octanol–water partition coefficient (Wildman–Crippen LogP) is 11.8. The lowest BCUT2D eigenvalue weighted by molar-refractivity contribution is 0.193. The molecule has 2 N–H and O–H groups in total. The van der Waals surface area contributed by atoms with Gasteiger partial charge < -0.3 is 9.79 Å². The van der Waals surface area contributed by atoms with Crippen molar-refractivity contribution in [1.29, 1.82) is 0 Å². The van der Waals surface area contributed by atoms with Crippen LogP contribution in [0.4, 0.5) is 0 Å². The first kappa shape index (κ1) is 37.1. The van der Waals surface area contributed by atoms with Gasteiger partial charge in [-0.1, -0.05) is 193 Å². The van der Waals surface area contributed by atoms with E-state index in [2.05, 4.69) is 11.4 Å². The summed E-state index contributed by atoms with van der Waals surface area (Å²) in [5.41, 5.74) is 0. The molecule has 0 aliphatic rings. The lowest BCUT2D eigenvalue weighted by Gasteiger charge is -2.05. The van der Waals surface area contributed by atoms with Gasteiger partial charge in [0.25, 0.3) is 0 Å². The molecule has 224 valence electrons. The molecule has 0 saturated carbocycles. The Bertz CT molecular complexity index is 466. The highest BCUT2D eigenvalue weighted by Gasteiger charge is 2.12. The Morgan fingerprint density at radius 1 is 0.378 bits per heavy atom. The first-order valence-electron chi connectivity index (χ1n) is 16.8. The highest BCUT2D eigenvalue weighted by molar-refractivity contribution is 7.46. The van der Waals surface area contributed by atoms with Gasteiger partial charge in [-0.05, 0) is 6.42 Å². The maximum atomic E-state index is 10.6. The minimum Gasteiger partial charge on any atom is -0.303 e. The number of rotatable bonds is 32. The summed E-state index contributed by atoms with van der Waals surface area (Å²) in [6, 6.07) is 0.